The number of carbonyl (C=O) groups excluding carboxylic acids is 2. The third-order valence-corrected chi connectivity index (χ3v) is 5.55. The number of hydrogen-bond donors (Lipinski definition) is 2. The second-order valence-corrected chi connectivity index (χ2v) is 7.78. The van der Waals surface area contributed by atoms with E-state index < -0.39 is 6.04 Å². The molecule has 0 spiro atoms. The van der Waals surface area contributed by atoms with Crippen molar-refractivity contribution in [2.24, 2.45) is 0 Å². The molecular formula is C21H20N4O2S. The maximum Gasteiger partial charge on any atom is 0.251 e. The number of rotatable bonds is 7. The number of anilines is 1. The zero-order valence-corrected chi connectivity index (χ0v) is 16.0. The first-order chi connectivity index (χ1) is 13.7. The molecule has 0 radical (unpaired) electrons. The second-order valence-electron chi connectivity index (χ2n) is 6.77. The van der Waals surface area contributed by atoms with Crippen LogP contribution in [0.2, 0.25) is 0 Å². The Morgan fingerprint density at radius 1 is 1.00 bits per heavy atom. The molecule has 0 aliphatic heterocycles. The van der Waals surface area contributed by atoms with Gasteiger partial charge in [0.25, 0.3) is 5.91 Å². The van der Waals surface area contributed by atoms with E-state index in [9.17, 15) is 9.59 Å². The molecule has 2 amide bonds. The average molecular weight is 392 g/mol. The van der Waals surface area contributed by atoms with Gasteiger partial charge in [-0.25, -0.2) is 0 Å². The van der Waals surface area contributed by atoms with Crippen molar-refractivity contribution in [1.82, 2.24) is 15.5 Å². The smallest absolute Gasteiger partial charge is 0.251 e. The van der Waals surface area contributed by atoms with E-state index in [1.807, 2.05) is 48.5 Å². The zero-order valence-electron chi connectivity index (χ0n) is 15.2. The standard InChI is InChI=1S/C21H20N4O2S/c26-18(23-21-25-24-20(28-21)16-11-12-16)13-17(14-7-3-1-4-8-14)22-19(27)15-9-5-2-6-10-15/h1-10,16-17H,11-13H2,(H,22,27)(H,23,25,26). The minimum atomic E-state index is -0.440. The molecule has 4 rings (SSSR count). The van der Waals surface area contributed by atoms with Crippen LogP contribution in [-0.4, -0.2) is 22.0 Å². The van der Waals surface area contributed by atoms with Crippen LogP contribution in [0.5, 0.6) is 0 Å². The Labute approximate surface area is 167 Å². The first kappa shape index (κ1) is 18.3. The predicted molar refractivity (Wildman–Crippen MR) is 108 cm³/mol. The van der Waals surface area contributed by atoms with Gasteiger partial charge in [0.15, 0.2) is 0 Å². The molecule has 2 aromatic carbocycles. The van der Waals surface area contributed by atoms with Crippen LogP contribution in [0.1, 0.15) is 52.2 Å². The Morgan fingerprint density at radius 3 is 2.36 bits per heavy atom. The van der Waals surface area contributed by atoms with Crippen LogP contribution in [0.4, 0.5) is 5.13 Å². The zero-order chi connectivity index (χ0) is 19.3. The molecule has 1 saturated carbocycles. The third kappa shape index (κ3) is 4.61. The van der Waals surface area contributed by atoms with Crippen LogP contribution >= 0.6 is 11.3 Å². The summed E-state index contributed by atoms with van der Waals surface area (Å²) in [5, 5.41) is 15.5. The van der Waals surface area contributed by atoms with Gasteiger partial charge in [0.2, 0.25) is 11.0 Å². The summed E-state index contributed by atoms with van der Waals surface area (Å²) >= 11 is 1.42. The normalized spacial score (nSPS) is 14.3. The number of amides is 2. The summed E-state index contributed by atoms with van der Waals surface area (Å²) < 4.78 is 0. The molecule has 0 saturated heterocycles. The van der Waals surface area contributed by atoms with Crippen molar-refractivity contribution in [2.75, 3.05) is 5.32 Å². The van der Waals surface area contributed by atoms with Gasteiger partial charge in [-0.05, 0) is 30.5 Å². The van der Waals surface area contributed by atoms with Gasteiger partial charge in [0, 0.05) is 11.5 Å². The molecular weight excluding hydrogens is 372 g/mol. The van der Waals surface area contributed by atoms with E-state index in [1.165, 1.54) is 11.3 Å². The molecule has 1 aromatic heterocycles. The Hall–Kier alpha value is -3.06. The third-order valence-electron chi connectivity index (χ3n) is 4.55. The van der Waals surface area contributed by atoms with Gasteiger partial charge in [-0.2, -0.15) is 0 Å². The van der Waals surface area contributed by atoms with Gasteiger partial charge in [-0.15, -0.1) is 10.2 Å². The molecule has 1 heterocycles. The van der Waals surface area contributed by atoms with E-state index >= 15 is 0 Å². The van der Waals surface area contributed by atoms with Crippen molar-refractivity contribution in [1.29, 1.82) is 0 Å². The molecule has 1 fully saturated rings. The lowest BCUT2D eigenvalue weighted by atomic mass is 10.0. The summed E-state index contributed by atoms with van der Waals surface area (Å²) in [7, 11) is 0. The van der Waals surface area contributed by atoms with Gasteiger partial charge >= 0.3 is 0 Å². The summed E-state index contributed by atoms with van der Waals surface area (Å²) in [6.45, 7) is 0. The van der Waals surface area contributed by atoms with Crippen LogP contribution in [0.25, 0.3) is 0 Å². The van der Waals surface area contributed by atoms with E-state index in [1.54, 1.807) is 12.1 Å². The van der Waals surface area contributed by atoms with Crippen LogP contribution in [-0.2, 0) is 4.79 Å². The number of hydrogen-bond acceptors (Lipinski definition) is 5. The maximum absolute atomic E-state index is 12.6. The molecule has 28 heavy (non-hydrogen) atoms. The summed E-state index contributed by atoms with van der Waals surface area (Å²) in [6.07, 6.45) is 2.40. The predicted octanol–water partition coefficient (Wildman–Crippen LogP) is 3.92. The van der Waals surface area contributed by atoms with E-state index in [4.69, 9.17) is 0 Å². The molecule has 2 N–H and O–H groups in total. The highest BCUT2D eigenvalue weighted by Gasteiger charge is 2.28. The molecule has 6 nitrogen and oxygen atoms in total. The summed E-state index contributed by atoms with van der Waals surface area (Å²) in [5.74, 6) is 0.0836. The fourth-order valence-corrected chi connectivity index (χ4v) is 3.83. The first-order valence-electron chi connectivity index (χ1n) is 9.23. The SMILES string of the molecule is O=C(CC(NC(=O)c1ccccc1)c1ccccc1)Nc1nnc(C2CC2)s1. The lowest BCUT2D eigenvalue weighted by molar-refractivity contribution is -0.116. The minimum absolute atomic E-state index is 0.112. The second kappa shape index (κ2) is 8.31. The van der Waals surface area contributed by atoms with Gasteiger partial charge < -0.3 is 10.6 Å². The van der Waals surface area contributed by atoms with Crippen LogP contribution in [0.3, 0.4) is 0 Å². The molecule has 1 aliphatic carbocycles. The molecule has 3 aromatic rings. The monoisotopic (exact) mass is 392 g/mol. The summed E-state index contributed by atoms with van der Waals surface area (Å²) in [4.78, 5) is 25.2. The van der Waals surface area contributed by atoms with E-state index in [2.05, 4.69) is 20.8 Å². The maximum atomic E-state index is 12.6. The Kier molecular flexibility index (Phi) is 5.43. The number of nitrogens with one attached hydrogen (secondary N) is 2. The van der Waals surface area contributed by atoms with Gasteiger partial charge in [-0.3, -0.25) is 9.59 Å². The van der Waals surface area contributed by atoms with E-state index in [-0.39, 0.29) is 18.2 Å². The Bertz CT molecular complexity index is 955. The number of aromatic nitrogens is 2. The highest BCUT2D eigenvalue weighted by molar-refractivity contribution is 7.15. The van der Waals surface area contributed by atoms with E-state index in [0.717, 1.165) is 23.4 Å². The van der Waals surface area contributed by atoms with Crippen LogP contribution in [0, 0.1) is 0 Å². The number of nitrogens with zero attached hydrogens (tertiary/aromatic N) is 2. The van der Waals surface area contributed by atoms with Crippen molar-refractivity contribution in [3.63, 3.8) is 0 Å². The van der Waals surface area contributed by atoms with Gasteiger partial charge in [0.05, 0.1) is 12.5 Å². The lowest BCUT2D eigenvalue weighted by Gasteiger charge is -2.18. The molecule has 1 atom stereocenters. The topological polar surface area (TPSA) is 84.0 Å². The quantitative estimate of drug-likeness (QED) is 0.638. The molecule has 0 bridgehead atoms. The fraction of sp³-hybridized carbons (Fsp3) is 0.238. The van der Waals surface area contributed by atoms with Crippen molar-refractivity contribution < 1.29 is 9.59 Å². The number of benzene rings is 2. The molecule has 1 unspecified atom stereocenters. The lowest BCUT2D eigenvalue weighted by Crippen LogP contribution is -2.31. The highest BCUT2D eigenvalue weighted by atomic mass is 32.1. The van der Waals surface area contributed by atoms with Gasteiger partial charge in [-0.1, -0.05) is 59.9 Å². The summed E-state index contributed by atoms with van der Waals surface area (Å²) in [5.41, 5.74) is 1.43. The highest BCUT2D eigenvalue weighted by Crippen LogP contribution is 2.42. The Balaban J connectivity index is 1.45. The number of carbonyl (C=O) groups is 2. The van der Waals surface area contributed by atoms with Crippen molar-refractivity contribution in [2.45, 2.75) is 31.2 Å². The van der Waals surface area contributed by atoms with Crippen LogP contribution in [0.15, 0.2) is 60.7 Å². The summed E-state index contributed by atoms with van der Waals surface area (Å²) in [6, 6.07) is 18.0. The van der Waals surface area contributed by atoms with Crippen molar-refractivity contribution >= 4 is 28.3 Å². The molecule has 1 aliphatic rings. The largest absolute Gasteiger partial charge is 0.345 e. The van der Waals surface area contributed by atoms with Crippen molar-refractivity contribution in [3.8, 4) is 0 Å². The van der Waals surface area contributed by atoms with E-state index in [0.29, 0.717) is 16.6 Å². The van der Waals surface area contributed by atoms with Crippen LogP contribution < -0.4 is 10.6 Å². The molecule has 7 heteroatoms. The average Bonchev–Trinajstić information content (AvgIpc) is 3.48. The minimum Gasteiger partial charge on any atom is -0.345 e. The van der Waals surface area contributed by atoms with Gasteiger partial charge in [0.1, 0.15) is 5.01 Å². The fourth-order valence-electron chi connectivity index (χ4n) is 2.90. The van der Waals surface area contributed by atoms with Crippen molar-refractivity contribution in [3.05, 3.63) is 76.8 Å². The molecule has 142 valence electrons. The first-order valence-corrected chi connectivity index (χ1v) is 10.0. The Morgan fingerprint density at radius 2 is 1.68 bits per heavy atom.